The van der Waals surface area contributed by atoms with E-state index in [1.165, 1.54) is 12.1 Å². The van der Waals surface area contributed by atoms with Crippen LogP contribution in [0.4, 0.5) is 15.8 Å². The van der Waals surface area contributed by atoms with Crippen LogP contribution in [-0.4, -0.2) is 67.4 Å². The minimum atomic E-state index is -0.339. The monoisotopic (exact) mass is 544 g/mol. The van der Waals surface area contributed by atoms with E-state index in [-0.39, 0.29) is 42.5 Å². The van der Waals surface area contributed by atoms with Gasteiger partial charge >= 0.3 is 0 Å². The van der Waals surface area contributed by atoms with E-state index in [0.29, 0.717) is 37.4 Å². The molecular weight excluding hydrogens is 511 g/mol. The zero-order valence-corrected chi connectivity index (χ0v) is 22.5. The maximum Gasteiger partial charge on any atom is 0.253 e. The summed E-state index contributed by atoms with van der Waals surface area (Å²) in [7, 11) is 1.60. The molecule has 3 amide bonds. The van der Waals surface area contributed by atoms with Gasteiger partial charge in [0.05, 0.1) is 7.11 Å². The molecule has 0 radical (unpaired) electrons. The van der Waals surface area contributed by atoms with Gasteiger partial charge in [-0.2, -0.15) is 0 Å². The molecule has 3 aromatic rings. The molecule has 208 valence electrons. The SMILES string of the molecule is COc1ccc(C(=O)N2CCN(c3ccc(NC(=O)CN(Cc4ccc(F)cc4)C(=O)C4CC4)cc3)CC2)cc1. The van der Waals surface area contributed by atoms with Crippen molar-refractivity contribution in [3.05, 3.63) is 89.7 Å². The first-order valence-electron chi connectivity index (χ1n) is 13.5. The molecule has 2 aliphatic rings. The molecule has 0 aromatic heterocycles. The molecule has 5 rings (SSSR count). The van der Waals surface area contributed by atoms with Crippen molar-refractivity contribution in [3.63, 3.8) is 0 Å². The lowest BCUT2D eigenvalue weighted by Crippen LogP contribution is -2.48. The largest absolute Gasteiger partial charge is 0.497 e. The highest BCUT2D eigenvalue weighted by Gasteiger charge is 2.34. The van der Waals surface area contributed by atoms with E-state index in [9.17, 15) is 18.8 Å². The number of benzene rings is 3. The Balaban J connectivity index is 1.13. The van der Waals surface area contributed by atoms with Crippen molar-refractivity contribution in [2.24, 2.45) is 5.92 Å². The summed E-state index contributed by atoms with van der Waals surface area (Å²) < 4.78 is 18.5. The topological polar surface area (TPSA) is 82.2 Å². The highest BCUT2D eigenvalue weighted by Crippen LogP contribution is 2.31. The van der Waals surface area contributed by atoms with E-state index in [2.05, 4.69) is 10.2 Å². The lowest BCUT2D eigenvalue weighted by atomic mass is 10.1. The predicted molar refractivity (Wildman–Crippen MR) is 151 cm³/mol. The van der Waals surface area contributed by atoms with Crippen molar-refractivity contribution in [2.45, 2.75) is 19.4 Å². The average molecular weight is 545 g/mol. The smallest absolute Gasteiger partial charge is 0.253 e. The van der Waals surface area contributed by atoms with Crippen molar-refractivity contribution in [2.75, 3.05) is 50.1 Å². The molecular formula is C31H33FN4O4. The summed E-state index contributed by atoms with van der Waals surface area (Å²) in [6.07, 6.45) is 1.68. The molecule has 1 saturated carbocycles. The fraction of sp³-hybridized carbons (Fsp3) is 0.323. The summed E-state index contributed by atoms with van der Waals surface area (Å²) in [6, 6.07) is 20.7. The van der Waals surface area contributed by atoms with Crippen LogP contribution in [-0.2, 0) is 16.1 Å². The molecule has 1 aliphatic carbocycles. The standard InChI is InChI=1S/C31H33FN4O4/c1-40-28-14-6-24(7-15-28)30(38)35-18-16-34(17-19-35)27-12-10-26(11-13-27)33-29(37)21-36(31(39)23-4-5-23)20-22-2-8-25(32)9-3-22/h2-3,6-15,23H,4-5,16-21H2,1H3,(H,33,37). The van der Waals surface area contributed by atoms with E-state index >= 15 is 0 Å². The van der Waals surface area contributed by atoms with Gasteiger partial charge < -0.3 is 24.8 Å². The number of nitrogens with one attached hydrogen (secondary N) is 1. The second kappa shape index (κ2) is 12.2. The minimum Gasteiger partial charge on any atom is -0.497 e. The van der Waals surface area contributed by atoms with Crippen LogP contribution >= 0.6 is 0 Å². The van der Waals surface area contributed by atoms with Crippen LogP contribution in [0.5, 0.6) is 5.75 Å². The number of carbonyl (C=O) groups excluding carboxylic acids is 3. The summed E-state index contributed by atoms with van der Waals surface area (Å²) in [4.78, 5) is 44.1. The van der Waals surface area contributed by atoms with Gasteiger partial charge in [-0.05, 0) is 79.1 Å². The zero-order chi connectivity index (χ0) is 28.1. The highest BCUT2D eigenvalue weighted by molar-refractivity contribution is 5.95. The van der Waals surface area contributed by atoms with E-state index < -0.39 is 0 Å². The van der Waals surface area contributed by atoms with Crippen LogP contribution in [0.25, 0.3) is 0 Å². The summed E-state index contributed by atoms with van der Waals surface area (Å²) in [5.41, 5.74) is 3.07. The number of carbonyl (C=O) groups is 3. The van der Waals surface area contributed by atoms with Crippen LogP contribution in [0.15, 0.2) is 72.8 Å². The third kappa shape index (κ3) is 6.77. The summed E-state index contributed by atoms with van der Waals surface area (Å²) in [5, 5.41) is 2.89. The first-order chi connectivity index (χ1) is 19.4. The molecule has 40 heavy (non-hydrogen) atoms. The Bertz CT molecular complexity index is 1330. The molecule has 1 N–H and O–H groups in total. The molecule has 0 unspecified atom stereocenters. The number of nitrogens with zero attached hydrogens (tertiary/aromatic N) is 3. The van der Waals surface area contributed by atoms with Gasteiger partial charge in [0.15, 0.2) is 0 Å². The predicted octanol–water partition coefficient (Wildman–Crippen LogP) is 4.17. The van der Waals surface area contributed by atoms with E-state index in [1.807, 2.05) is 29.2 Å². The molecule has 2 fully saturated rings. The molecule has 0 spiro atoms. The molecule has 3 aromatic carbocycles. The first-order valence-corrected chi connectivity index (χ1v) is 13.5. The minimum absolute atomic E-state index is 0.00834. The molecule has 1 saturated heterocycles. The summed E-state index contributed by atoms with van der Waals surface area (Å²) in [6.45, 7) is 2.82. The fourth-order valence-corrected chi connectivity index (χ4v) is 4.82. The number of hydrogen-bond acceptors (Lipinski definition) is 5. The second-order valence-corrected chi connectivity index (χ2v) is 10.2. The molecule has 1 aliphatic heterocycles. The van der Waals surface area contributed by atoms with Gasteiger partial charge in [0.2, 0.25) is 11.8 Å². The van der Waals surface area contributed by atoms with Crippen LogP contribution in [0.2, 0.25) is 0 Å². The van der Waals surface area contributed by atoms with Crippen LogP contribution in [0.3, 0.4) is 0 Å². The Morgan fingerprint density at radius 1 is 0.900 bits per heavy atom. The number of rotatable bonds is 9. The Morgan fingerprint density at radius 3 is 2.15 bits per heavy atom. The Labute approximate surface area is 233 Å². The maximum atomic E-state index is 13.3. The Hall–Kier alpha value is -4.40. The quantitative estimate of drug-likeness (QED) is 0.437. The van der Waals surface area contributed by atoms with Crippen LogP contribution in [0.1, 0.15) is 28.8 Å². The Morgan fingerprint density at radius 2 is 1.55 bits per heavy atom. The third-order valence-corrected chi connectivity index (χ3v) is 7.28. The van der Waals surface area contributed by atoms with Gasteiger partial charge in [-0.25, -0.2) is 4.39 Å². The number of hydrogen-bond donors (Lipinski definition) is 1. The van der Waals surface area contributed by atoms with E-state index in [4.69, 9.17) is 4.74 Å². The van der Waals surface area contributed by atoms with Crippen LogP contribution in [0, 0.1) is 11.7 Å². The van der Waals surface area contributed by atoms with Crippen molar-refractivity contribution in [3.8, 4) is 5.75 Å². The number of ether oxygens (including phenoxy) is 1. The van der Waals surface area contributed by atoms with Crippen molar-refractivity contribution < 1.29 is 23.5 Å². The average Bonchev–Trinajstić information content (AvgIpc) is 3.84. The molecule has 8 nitrogen and oxygen atoms in total. The van der Waals surface area contributed by atoms with Crippen molar-refractivity contribution in [1.29, 1.82) is 0 Å². The van der Waals surface area contributed by atoms with Crippen molar-refractivity contribution in [1.82, 2.24) is 9.80 Å². The Kier molecular flexibility index (Phi) is 8.28. The summed E-state index contributed by atoms with van der Waals surface area (Å²) >= 11 is 0. The van der Waals surface area contributed by atoms with Gasteiger partial charge in [-0.1, -0.05) is 12.1 Å². The van der Waals surface area contributed by atoms with E-state index in [0.717, 1.165) is 29.8 Å². The third-order valence-electron chi connectivity index (χ3n) is 7.28. The lowest BCUT2D eigenvalue weighted by molar-refractivity contribution is -0.136. The number of anilines is 2. The molecule has 1 heterocycles. The van der Waals surface area contributed by atoms with Crippen molar-refractivity contribution >= 4 is 29.1 Å². The fourth-order valence-electron chi connectivity index (χ4n) is 4.82. The van der Waals surface area contributed by atoms with Gasteiger partial charge in [-0.3, -0.25) is 14.4 Å². The number of methoxy groups -OCH3 is 1. The van der Waals surface area contributed by atoms with Gasteiger partial charge in [0.1, 0.15) is 18.1 Å². The summed E-state index contributed by atoms with van der Waals surface area (Å²) in [5.74, 6) is 0.0338. The second-order valence-electron chi connectivity index (χ2n) is 10.2. The zero-order valence-electron chi connectivity index (χ0n) is 22.5. The van der Waals surface area contributed by atoms with Crippen LogP contribution < -0.4 is 15.0 Å². The molecule has 9 heteroatoms. The maximum absolute atomic E-state index is 13.3. The van der Waals surface area contributed by atoms with Gasteiger partial charge in [0.25, 0.3) is 5.91 Å². The molecule has 0 bridgehead atoms. The van der Waals surface area contributed by atoms with Gasteiger partial charge in [0, 0.05) is 55.6 Å². The number of piperazine rings is 1. The van der Waals surface area contributed by atoms with E-state index in [1.54, 1.807) is 48.4 Å². The lowest BCUT2D eigenvalue weighted by Gasteiger charge is -2.36. The number of amides is 3. The highest BCUT2D eigenvalue weighted by atomic mass is 19.1. The normalized spacial score (nSPS) is 14.9. The van der Waals surface area contributed by atoms with Gasteiger partial charge in [-0.15, -0.1) is 0 Å². The molecule has 0 atom stereocenters. The first kappa shape index (κ1) is 27.2. The number of halogens is 1.